The van der Waals surface area contributed by atoms with Gasteiger partial charge in [-0.25, -0.2) is 0 Å². The van der Waals surface area contributed by atoms with Crippen molar-refractivity contribution >= 4 is 17.5 Å². The summed E-state index contributed by atoms with van der Waals surface area (Å²) in [5.41, 5.74) is 3.38. The largest absolute Gasteiger partial charge is 0.484 e. The number of rotatable bonds is 7. The summed E-state index contributed by atoms with van der Waals surface area (Å²) in [7, 11) is 0. The highest BCUT2D eigenvalue weighted by Crippen LogP contribution is 2.21. The van der Waals surface area contributed by atoms with Crippen LogP contribution < -0.4 is 10.1 Å². The third-order valence-electron chi connectivity index (χ3n) is 4.94. The van der Waals surface area contributed by atoms with E-state index in [-0.39, 0.29) is 12.5 Å². The number of nitrogens with one attached hydrogen (secondary N) is 1. The maximum absolute atomic E-state index is 12.2. The van der Waals surface area contributed by atoms with Gasteiger partial charge in [0.15, 0.2) is 6.61 Å². The number of halogens is 1. The van der Waals surface area contributed by atoms with Crippen molar-refractivity contribution in [3.8, 4) is 5.75 Å². The lowest BCUT2D eigenvalue weighted by Gasteiger charge is -2.27. The molecular weight excluding hydrogens is 360 g/mol. The van der Waals surface area contributed by atoms with Crippen molar-refractivity contribution in [2.45, 2.75) is 39.3 Å². The van der Waals surface area contributed by atoms with Gasteiger partial charge in [0.2, 0.25) is 0 Å². The molecule has 2 aromatic rings. The Morgan fingerprint density at radius 3 is 2.59 bits per heavy atom. The van der Waals surface area contributed by atoms with Crippen molar-refractivity contribution in [2.24, 2.45) is 0 Å². The van der Waals surface area contributed by atoms with E-state index in [1.165, 1.54) is 30.4 Å². The molecule has 0 unspecified atom stereocenters. The van der Waals surface area contributed by atoms with Crippen LogP contribution in [0.1, 0.15) is 36.0 Å². The first kappa shape index (κ1) is 19.7. The number of hydrogen-bond acceptors (Lipinski definition) is 3. The van der Waals surface area contributed by atoms with E-state index in [2.05, 4.69) is 28.4 Å². The van der Waals surface area contributed by atoms with E-state index in [1.54, 1.807) is 12.1 Å². The molecule has 27 heavy (non-hydrogen) atoms. The van der Waals surface area contributed by atoms with Crippen molar-refractivity contribution in [3.05, 3.63) is 64.2 Å². The molecule has 2 aromatic carbocycles. The minimum absolute atomic E-state index is 0.00460. The fourth-order valence-corrected chi connectivity index (χ4v) is 3.46. The minimum Gasteiger partial charge on any atom is -0.484 e. The Morgan fingerprint density at radius 2 is 1.85 bits per heavy atom. The average molecular weight is 387 g/mol. The standard InChI is InChI=1S/C22H27ClN2O2/c1-17-13-20(9-10-21(17)23)27-16-22(26)24-14-18-7-3-4-8-19(18)15-25-11-5-2-6-12-25/h3-4,7-10,13H,2,5-6,11-12,14-16H2,1H3,(H,24,26). The lowest BCUT2D eigenvalue weighted by Crippen LogP contribution is -2.31. The fraction of sp³-hybridized carbons (Fsp3) is 0.409. The number of ether oxygens (including phenoxy) is 1. The number of hydrogen-bond donors (Lipinski definition) is 1. The van der Waals surface area contributed by atoms with Gasteiger partial charge in [0, 0.05) is 18.1 Å². The Morgan fingerprint density at radius 1 is 1.11 bits per heavy atom. The predicted octanol–water partition coefficient (Wildman–Crippen LogP) is 4.33. The van der Waals surface area contributed by atoms with Gasteiger partial charge >= 0.3 is 0 Å². The molecule has 4 nitrogen and oxygen atoms in total. The van der Waals surface area contributed by atoms with Crippen molar-refractivity contribution in [3.63, 3.8) is 0 Å². The highest BCUT2D eigenvalue weighted by molar-refractivity contribution is 6.31. The highest BCUT2D eigenvalue weighted by atomic mass is 35.5. The first-order chi connectivity index (χ1) is 13.1. The van der Waals surface area contributed by atoms with Gasteiger partial charge in [-0.05, 0) is 67.7 Å². The molecule has 0 atom stereocenters. The molecular formula is C22H27ClN2O2. The number of amides is 1. The van der Waals surface area contributed by atoms with Crippen molar-refractivity contribution in [1.82, 2.24) is 10.2 Å². The van der Waals surface area contributed by atoms with Crippen LogP contribution in [-0.2, 0) is 17.9 Å². The Kier molecular flexibility index (Phi) is 7.13. The molecule has 5 heteroatoms. The van der Waals surface area contributed by atoms with Crippen molar-refractivity contribution in [2.75, 3.05) is 19.7 Å². The molecule has 1 amide bonds. The van der Waals surface area contributed by atoms with Crippen LogP contribution in [0.2, 0.25) is 5.02 Å². The van der Waals surface area contributed by atoms with Gasteiger partial charge in [-0.15, -0.1) is 0 Å². The van der Waals surface area contributed by atoms with E-state index in [0.717, 1.165) is 25.2 Å². The number of nitrogens with zero attached hydrogens (tertiary/aromatic N) is 1. The maximum atomic E-state index is 12.2. The molecule has 1 heterocycles. The summed E-state index contributed by atoms with van der Waals surface area (Å²) in [6.45, 7) is 5.70. The number of aryl methyl sites for hydroxylation is 1. The van der Waals surface area contributed by atoms with E-state index in [9.17, 15) is 4.79 Å². The van der Waals surface area contributed by atoms with E-state index in [0.29, 0.717) is 17.3 Å². The van der Waals surface area contributed by atoms with Gasteiger partial charge < -0.3 is 10.1 Å². The lowest BCUT2D eigenvalue weighted by atomic mass is 10.0. The van der Waals surface area contributed by atoms with Crippen LogP contribution in [-0.4, -0.2) is 30.5 Å². The molecule has 0 aromatic heterocycles. The molecule has 3 rings (SSSR count). The molecule has 1 aliphatic rings. The normalized spacial score (nSPS) is 14.7. The quantitative estimate of drug-likeness (QED) is 0.770. The van der Waals surface area contributed by atoms with Crippen molar-refractivity contribution < 1.29 is 9.53 Å². The molecule has 1 saturated heterocycles. The Bertz CT molecular complexity index is 773. The third-order valence-corrected chi connectivity index (χ3v) is 5.36. The van der Waals surface area contributed by atoms with E-state index in [1.807, 2.05) is 19.1 Å². The molecule has 1 aliphatic heterocycles. The number of likely N-dealkylation sites (tertiary alicyclic amines) is 1. The summed E-state index contributed by atoms with van der Waals surface area (Å²) in [6, 6.07) is 13.7. The summed E-state index contributed by atoms with van der Waals surface area (Å²) in [4.78, 5) is 14.7. The zero-order valence-electron chi connectivity index (χ0n) is 15.8. The zero-order valence-corrected chi connectivity index (χ0v) is 16.6. The van der Waals surface area contributed by atoms with Crippen LogP contribution in [0.3, 0.4) is 0 Å². The van der Waals surface area contributed by atoms with Gasteiger partial charge in [0.05, 0.1) is 0 Å². The van der Waals surface area contributed by atoms with Crippen LogP contribution in [0.5, 0.6) is 5.75 Å². The van der Waals surface area contributed by atoms with E-state index < -0.39 is 0 Å². The summed E-state index contributed by atoms with van der Waals surface area (Å²) in [6.07, 6.45) is 3.89. The van der Waals surface area contributed by atoms with Crippen LogP contribution in [0.15, 0.2) is 42.5 Å². The van der Waals surface area contributed by atoms with Gasteiger partial charge in [0.25, 0.3) is 5.91 Å². The van der Waals surface area contributed by atoms with Gasteiger partial charge in [0.1, 0.15) is 5.75 Å². The number of carbonyl (C=O) groups is 1. The summed E-state index contributed by atoms with van der Waals surface area (Å²) in [5.74, 6) is 0.521. The molecule has 1 fully saturated rings. The predicted molar refractivity (Wildman–Crippen MR) is 109 cm³/mol. The monoisotopic (exact) mass is 386 g/mol. The molecule has 0 spiro atoms. The first-order valence-corrected chi connectivity index (χ1v) is 9.94. The SMILES string of the molecule is Cc1cc(OCC(=O)NCc2ccccc2CN2CCCCC2)ccc1Cl. The minimum atomic E-state index is -0.129. The maximum Gasteiger partial charge on any atom is 0.258 e. The average Bonchev–Trinajstić information content (AvgIpc) is 2.69. The number of carbonyl (C=O) groups excluding carboxylic acids is 1. The molecule has 0 bridgehead atoms. The number of piperidine rings is 1. The van der Waals surface area contributed by atoms with Crippen molar-refractivity contribution in [1.29, 1.82) is 0 Å². The Balaban J connectivity index is 1.50. The summed E-state index contributed by atoms with van der Waals surface area (Å²) in [5, 5.41) is 3.66. The molecule has 1 N–H and O–H groups in total. The Labute approximate surface area is 166 Å². The van der Waals surface area contributed by atoms with Gasteiger partial charge in [-0.3, -0.25) is 9.69 Å². The smallest absolute Gasteiger partial charge is 0.258 e. The Hall–Kier alpha value is -2.04. The van der Waals surface area contributed by atoms with Crippen LogP contribution in [0.4, 0.5) is 0 Å². The zero-order chi connectivity index (χ0) is 19.1. The third kappa shape index (κ3) is 5.98. The number of benzene rings is 2. The second kappa shape index (κ2) is 9.77. The first-order valence-electron chi connectivity index (χ1n) is 9.56. The summed E-state index contributed by atoms with van der Waals surface area (Å²) >= 11 is 6.01. The molecule has 0 aliphatic carbocycles. The molecule has 144 valence electrons. The molecule has 0 saturated carbocycles. The van der Waals surface area contributed by atoms with E-state index >= 15 is 0 Å². The second-order valence-corrected chi connectivity index (χ2v) is 7.49. The second-order valence-electron chi connectivity index (χ2n) is 7.08. The van der Waals surface area contributed by atoms with E-state index in [4.69, 9.17) is 16.3 Å². The van der Waals surface area contributed by atoms with Crippen LogP contribution >= 0.6 is 11.6 Å². The summed E-state index contributed by atoms with van der Waals surface area (Å²) < 4.78 is 5.56. The van der Waals surface area contributed by atoms with Crippen LogP contribution in [0.25, 0.3) is 0 Å². The molecule has 0 radical (unpaired) electrons. The highest BCUT2D eigenvalue weighted by Gasteiger charge is 2.13. The lowest BCUT2D eigenvalue weighted by molar-refractivity contribution is -0.123. The fourth-order valence-electron chi connectivity index (χ4n) is 3.34. The van der Waals surface area contributed by atoms with Gasteiger partial charge in [-0.2, -0.15) is 0 Å². The topological polar surface area (TPSA) is 41.6 Å². The van der Waals surface area contributed by atoms with Gasteiger partial charge in [-0.1, -0.05) is 42.3 Å². The van der Waals surface area contributed by atoms with Crippen LogP contribution in [0, 0.1) is 6.92 Å².